The molecule has 0 heterocycles. The third-order valence-electron chi connectivity index (χ3n) is 2.17. The van der Waals surface area contributed by atoms with Crippen molar-refractivity contribution in [2.45, 2.75) is 20.0 Å². The second-order valence-corrected chi connectivity index (χ2v) is 4.45. The molecule has 1 rings (SSSR count). The van der Waals surface area contributed by atoms with Crippen LogP contribution in [-0.2, 0) is 14.3 Å². The van der Waals surface area contributed by atoms with Crippen LogP contribution in [0.4, 0.5) is 5.69 Å². The molecule has 1 atom stereocenters. The van der Waals surface area contributed by atoms with Crippen molar-refractivity contribution in [3.05, 3.63) is 27.7 Å². The fourth-order valence-corrected chi connectivity index (χ4v) is 1.70. The summed E-state index contributed by atoms with van der Waals surface area (Å²) < 4.78 is 9.65. The highest BCUT2D eigenvalue weighted by molar-refractivity contribution is 6.44. The van der Waals surface area contributed by atoms with Crippen LogP contribution < -0.4 is 5.73 Å². The molecule has 7 heteroatoms. The van der Waals surface area contributed by atoms with E-state index in [-0.39, 0.29) is 27.9 Å². The monoisotopic (exact) mass is 305 g/mol. The molecule has 0 aliphatic rings. The lowest BCUT2D eigenvalue weighted by Gasteiger charge is -2.13. The molecule has 0 saturated heterocycles. The SMILES string of the molecule is CCOC(=O)C(C)OC(=O)c1cc(N)cc(Cl)c1Cl. The number of hydrogen-bond acceptors (Lipinski definition) is 5. The number of nitrogen functional groups attached to an aromatic ring is 1. The van der Waals surface area contributed by atoms with E-state index in [0.717, 1.165) is 0 Å². The van der Waals surface area contributed by atoms with Crippen LogP contribution in [0.15, 0.2) is 12.1 Å². The van der Waals surface area contributed by atoms with Gasteiger partial charge in [-0.25, -0.2) is 9.59 Å². The Hall–Kier alpha value is -1.46. The van der Waals surface area contributed by atoms with E-state index in [4.69, 9.17) is 38.4 Å². The minimum atomic E-state index is -1.04. The molecule has 0 aromatic heterocycles. The lowest BCUT2D eigenvalue weighted by molar-refractivity contribution is -0.152. The van der Waals surface area contributed by atoms with Gasteiger partial charge in [0.25, 0.3) is 0 Å². The second-order valence-electron chi connectivity index (χ2n) is 3.66. The van der Waals surface area contributed by atoms with Crippen molar-refractivity contribution < 1.29 is 19.1 Å². The molecule has 0 aliphatic heterocycles. The number of esters is 2. The standard InChI is InChI=1S/C12H13Cl2NO4/c1-3-18-11(16)6(2)19-12(17)8-4-7(15)5-9(13)10(8)14/h4-6H,3,15H2,1-2H3. The molecule has 5 nitrogen and oxygen atoms in total. The topological polar surface area (TPSA) is 78.6 Å². The van der Waals surface area contributed by atoms with Gasteiger partial charge in [0.1, 0.15) is 0 Å². The van der Waals surface area contributed by atoms with Crippen molar-refractivity contribution in [2.24, 2.45) is 0 Å². The summed E-state index contributed by atoms with van der Waals surface area (Å²) in [5.74, 6) is -1.43. The van der Waals surface area contributed by atoms with Gasteiger partial charge < -0.3 is 15.2 Å². The second kappa shape index (κ2) is 6.63. The summed E-state index contributed by atoms with van der Waals surface area (Å²) in [5.41, 5.74) is 5.83. The third kappa shape index (κ3) is 4.01. The molecule has 0 fully saturated rings. The van der Waals surface area contributed by atoms with Gasteiger partial charge in [-0.2, -0.15) is 0 Å². The van der Waals surface area contributed by atoms with Crippen molar-refractivity contribution in [1.29, 1.82) is 0 Å². The minimum Gasteiger partial charge on any atom is -0.463 e. The Kier molecular flexibility index (Phi) is 5.44. The average Bonchev–Trinajstić information content (AvgIpc) is 2.33. The van der Waals surface area contributed by atoms with Crippen LogP contribution >= 0.6 is 23.2 Å². The summed E-state index contributed by atoms with van der Waals surface area (Å²) in [6.07, 6.45) is -1.04. The Bertz CT molecular complexity index is 505. The van der Waals surface area contributed by atoms with Gasteiger partial charge in [0.05, 0.1) is 22.2 Å². The molecular formula is C12H13Cl2NO4. The van der Waals surface area contributed by atoms with Crippen molar-refractivity contribution in [2.75, 3.05) is 12.3 Å². The lowest BCUT2D eigenvalue weighted by atomic mass is 10.2. The van der Waals surface area contributed by atoms with Crippen molar-refractivity contribution in [3.8, 4) is 0 Å². The smallest absolute Gasteiger partial charge is 0.347 e. The Balaban J connectivity index is 2.87. The molecule has 0 bridgehead atoms. The van der Waals surface area contributed by atoms with Gasteiger partial charge in [0.15, 0.2) is 6.10 Å². The first-order chi connectivity index (χ1) is 8.86. The molecule has 0 radical (unpaired) electrons. The maximum Gasteiger partial charge on any atom is 0.347 e. The van der Waals surface area contributed by atoms with Crippen LogP contribution in [0.3, 0.4) is 0 Å². The van der Waals surface area contributed by atoms with E-state index in [1.165, 1.54) is 19.1 Å². The molecule has 1 aromatic carbocycles. The molecule has 0 spiro atoms. The largest absolute Gasteiger partial charge is 0.463 e. The van der Waals surface area contributed by atoms with E-state index in [1.54, 1.807) is 6.92 Å². The average molecular weight is 306 g/mol. The highest BCUT2D eigenvalue weighted by atomic mass is 35.5. The normalized spacial score (nSPS) is 11.8. The first-order valence-corrected chi connectivity index (χ1v) is 6.24. The number of ether oxygens (including phenoxy) is 2. The van der Waals surface area contributed by atoms with Gasteiger partial charge in [0.2, 0.25) is 0 Å². The van der Waals surface area contributed by atoms with Crippen LogP contribution in [0.5, 0.6) is 0 Å². The Labute approximate surface area is 120 Å². The van der Waals surface area contributed by atoms with Gasteiger partial charge in [-0.15, -0.1) is 0 Å². The lowest BCUT2D eigenvalue weighted by Crippen LogP contribution is -2.26. The zero-order valence-electron chi connectivity index (χ0n) is 10.4. The number of nitrogens with two attached hydrogens (primary N) is 1. The van der Waals surface area contributed by atoms with E-state index < -0.39 is 18.0 Å². The van der Waals surface area contributed by atoms with E-state index >= 15 is 0 Å². The molecule has 0 amide bonds. The predicted octanol–water partition coefficient (Wildman–Crippen LogP) is 2.68. The Morgan fingerprint density at radius 3 is 2.58 bits per heavy atom. The van der Waals surface area contributed by atoms with Crippen LogP contribution in [0.1, 0.15) is 24.2 Å². The van der Waals surface area contributed by atoms with Crippen LogP contribution in [0.25, 0.3) is 0 Å². The summed E-state index contributed by atoms with van der Waals surface area (Å²) in [5, 5.41) is 0.161. The van der Waals surface area contributed by atoms with Crippen LogP contribution in [0, 0.1) is 0 Å². The fraction of sp³-hybridized carbons (Fsp3) is 0.333. The number of halogens is 2. The van der Waals surface area contributed by atoms with Crippen molar-refractivity contribution in [3.63, 3.8) is 0 Å². The summed E-state index contributed by atoms with van der Waals surface area (Å²) in [6.45, 7) is 3.25. The van der Waals surface area contributed by atoms with Gasteiger partial charge in [-0.1, -0.05) is 23.2 Å². The fourth-order valence-electron chi connectivity index (χ4n) is 1.29. The minimum absolute atomic E-state index is 0.00261. The highest BCUT2D eigenvalue weighted by Crippen LogP contribution is 2.29. The molecule has 2 N–H and O–H groups in total. The first-order valence-electron chi connectivity index (χ1n) is 5.49. The van der Waals surface area contributed by atoms with Crippen LogP contribution in [0.2, 0.25) is 10.0 Å². The van der Waals surface area contributed by atoms with Gasteiger partial charge in [-0.05, 0) is 26.0 Å². The number of carbonyl (C=O) groups is 2. The summed E-state index contributed by atoms with van der Waals surface area (Å²) >= 11 is 11.7. The summed E-state index contributed by atoms with van der Waals surface area (Å²) in [7, 11) is 0. The summed E-state index contributed by atoms with van der Waals surface area (Å²) in [4.78, 5) is 23.2. The van der Waals surface area contributed by atoms with E-state index in [1.807, 2.05) is 0 Å². The van der Waals surface area contributed by atoms with Gasteiger partial charge in [0, 0.05) is 5.69 Å². The zero-order valence-corrected chi connectivity index (χ0v) is 11.9. The number of anilines is 1. The molecule has 0 saturated carbocycles. The Morgan fingerprint density at radius 1 is 1.37 bits per heavy atom. The molecule has 104 valence electrons. The van der Waals surface area contributed by atoms with E-state index in [2.05, 4.69) is 0 Å². The van der Waals surface area contributed by atoms with E-state index in [0.29, 0.717) is 0 Å². The first kappa shape index (κ1) is 15.6. The number of benzene rings is 1. The Morgan fingerprint density at radius 2 is 2.00 bits per heavy atom. The number of carbonyl (C=O) groups excluding carboxylic acids is 2. The molecule has 19 heavy (non-hydrogen) atoms. The quantitative estimate of drug-likeness (QED) is 0.683. The molecule has 0 aliphatic carbocycles. The number of hydrogen-bond donors (Lipinski definition) is 1. The molecule has 1 aromatic rings. The van der Waals surface area contributed by atoms with Crippen molar-refractivity contribution in [1.82, 2.24) is 0 Å². The molecule has 1 unspecified atom stereocenters. The maximum atomic E-state index is 11.9. The predicted molar refractivity (Wildman–Crippen MR) is 72.4 cm³/mol. The van der Waals surface area contributed by atoms with E-state index in [9.17, 15) is 9.59 Å². The highest BCUT2D eigenvalue weighted by Gasteiger charge is 2.22. The van der Waals surface area contributed by atoms with Gasteiger partial charge >= 0.3 is 11.9 Å². The van der Waals surface area contributed by atoms with Crippen LogP contribution in [-0.4, -0.2) is 24.6 Å². The van der Waals surface area contributed by atoms with Gasteiger partial charge in [-0.3, -0.25) is 0 Å². The third-order valence-corrected chi connectivity index (χ3v) is 2.97. The zero-order chi connectivity index (χ0) is 14.6. The maximum absolute atomic E-state index is 11.9. The number of rotatable bonds is 4. The molecular weight excluding hydrogens is 293 g/mol. The van der Waals surface area contributed by atoms with Crippen molar-refractivity contribution >= 4 is 40.8 Å². The summed E-state index contributed by atoms with van der Waals surface area (Å²) in [6, 6.07) is 2.74.